The van der Waals surface area contributed by atoms with Gasteiger partial charge in [0.15, 0.2) is 0 Å². The average molecular weight is 192 g/mol. The molecule has 0 radical (unpaired) electrons. The average Bonchev–Trinajstić information content (AvgIpc) is 2.42. The molecular formula is C10H12N2O2. The third-order valence-corrected chi connectivity index (χ3v) is 1.78. The highest BCUT2D eigenvalue weighted by Gasteiger charge is 1.97. The number of hydrogen-bond acceptors (Lipinski definition) is 2. The minimum absolute atomic E-state index is 0.948. The number of carboxylic acids is 1. The molecule has 0 amide bonds. The van der Waals surface area contributed by atoms with Gasteiger partial charge in [-0.05, 0) is 18.6 Å². The number of hydrogen-bond donors (Lipinski definition) is 1. The highest BCUT2D eigenvalue weighted by molar-refractivity contribution is 5.80. The monoisotopic (exact) mass is 192 g/mol. The Balaban J connectivity index is 2.74. The molecule has 0 bridgehead atoms. The van der Waals surface area contributed by atoms with Crippen LogP contribution in [0.2, 0.25) is 0 Å². The fourth-order valence-corrected chi connectivity index (χ4v) is 1.08. The fraction of sp³-hybridized carbons (Fsp3) is 0.200. The van der Waals surface area contributed by atoms with E-state index in [2.05, 4.69) is 5.10 Å². The van der Waals surface area contributed by atoms with Crippen LogP contribution in [0, 0.1) is 6.92 Å². The third-order valence-electron chi connectivity index (χ3n) is 1.78. The molecule has 1 N–H and O–H groups in total. The van der Waals surface area contributed by atoms with Crippen LogP contribution in [0.3, 0.4) is 0 Å². The summed E-state index contributed by atoms with van der Waals surface area (Å²) in [7, 11) is 1.84. The molecule has 0 saturated heterocycles. The molecule has 0 aliphatic carbocycles. The Morgan fingerprint density at radius 3 is 2.79 bits per heavy atom. The number of aromatic nitrogens is 2. The first kappa shape index (κ1) is 10.2. The summed E-state index contributed by atoms with van der Waals surface area (Å²) in [6, 6.07) is 0. The second kappa shape index (κ2) is 4.41. The Kier molecular flexibility index (Phi) is 3.23. The van der Waals surface area contributed by atoms with Crippen LogP contribution in [0.1, 0.15) is 11.3 Å². The molecule has 4 heteroatoms. The van der Waals surface area contributed by atoms with Crippen molar-refractivity contribution in [3.63, 3.8) is 0 Å². The van der Waals surface area contributed by atoms with Gasteiger partial charge in [0.2, 0.25) is 0 Å². The van der Waals surface area contributed by atoms with E-state index >= 15 is 0 Å². The number of allylic oxidation sites excluding steroid dienone is 2. The van der Waals surface area contributed by atoms with E-state index in [1.54, 1.807) is 17.0 Å². The van der Waals surface area contributed by atoms with Crippen LogP contribution in [-0.2, 0) is 11.8 Å². The fourth-order valence-electron chi connectivity index (χ4n) is 1.08. The molecule has 1 rings (SSSR count). The van der Waals surface area contributed by atoms with Gasteiger partial charge in [0.25, 0.3) is 0 Å². The van der Waals surface area contributed by atoms with Crippen LogP contribution in [0.15, 0.2) is 24.4 Å². The number of carboxylic acid groups (broad SMARTS) is 1. The van der Waals surface area contributed by atoms with Gasteiger partial charge < -0.3 is 5.11 Å². The van der Waals surface area contributed by atoms with Crippen LogP contribution in [0.25, 0.3) is 6.08 Å². The minimum atomic E-state index is -0.948. The standard InChI is InChI=1S/C10H12N2O2/c1-8-7-11-12(2)9(8)5-3-4-6-10(13)14/h3-7H,1-2H3,(H,13,14)/b5-3+,6-4+. The largest absolute Gasteiger partial charge is 0.478 e. The molecule has 74 valence electrons. The zero-order valence-electron chi connectivity index (χ0n) is 8.14. The lowest BCUT2D eigenvalue weighted by atomic mass is 10.2. The molecule has 0 unspecified atom stereocenters. The van der Waals surface area contributed by atoms with Gasteiger partial charge in [0, 0.05) is 13.1 Å². The van der Waals surface area contributed by atoms with Crippen molar-refractivity contribution in [2.75, 3.05) is 0 Å². The maximum Gasteiger partial charge on any atom is 0.328 e. The maximum atomic E-state index is 10.2. The van der Waals surface area contributed by atoms with Crippen LogP contribution in [0.4, 0.5) is 0 Å². The van der Waals surface area contributed by atoms with E-state index in [9.17, 15) is 4.79 Å². The highest BCUT2D eigenvalue weighted by atomic mass is 16.4. The molecule has 1 aromatic heterocycles. The van der Waals surface area contributed by atoms with Crippen molar-refractivity contribution in [2.45, 2.75) is 6.92 Å². The van der Waals surface area contributed by atoms with Crippen LogP contribution >= 0.6 is 0 Å². The first-order valence-corrected chi connectivity index (χ1v) is 4.17. The predicted octanol–water partition coefficient (Wildman–Crippen LogP) is 1.38. The molecule has 4 nitrogen and oxygen atoms in total. The molecule has 0 aromatic carbocycles. The van der Waals surface area contributed by atoms with Gasteiger partial charge in [-0.3, -0.25) is 4.68 Å². The van der Waals surface area contributed by atoms with Crippen LogP contribution in [0.5, 0.6) is 0 Å². The van der Waals surface area contributed by atoms with Crippen molar-refractivity contribution in [1.29, 1.82) is 0 Å². The van der Waals surface area contributed by atoms with Gasteiger partial charge in [0.05, 0.1) is 11.9 Å². The van der Waals surface area contributed by atoms with Gasteiger partial charge in [-0.1, -0.05) is 12.2 Å². The first-order chi connectivity index (χ1) is 6.61. The second-order valence-electron chi connectivity index (χ2n) is 2.89. The molecular weight excluding hydrogens is 180 g/mol. The lowest BCUT2D eigenvalue weighted by Gasteiger charge is -1.94. The number of rotatable bonds is 3. The van der Waals surface area contributed by atoms with E-state index in [-0.39, 0.29) is 0 Å². The van der Waals surface area contributed by atoms with E-state index in [4.69, 9.17) is 5.11 Å². The molecule has 14 heavy (non-hydrogen) atoms. The first-order valence-electron chi connectivity index (χ1n) is 4.17. The van der Waals surface area contributed by atoms with Crippen LogP contribution in [-0.4, -0.2) is 20.9 Å². The Morgan fingerprint density at radius 2 is 2.29 bits per heavy atom. The van der Waals surface area contributed by atoms with E-state index in [1.807, 2.05) is 20.0 Å². The molecule has 0 aliphatic heterocycles. The molecule has 0 saturated carbocycles. The second-order valence-corrected chi connectivity index (χ2v) is 2.89. The van der Waals surface area contributed by atoms with E-state index in [0.717, 1.165) is 17.3 Å². The summed E-state index contributed by atoms with van der Waals surface area (Å²) in [6.45, 7) is 1.95. The quantitative estimate of drug-likeness (QED) is 0.581. The number of aryl methyl sites for hydroxylation is 2. The van der Waals surface area contributed by atoms with E-state index < -0.39 is 5.97 Å². The zero-order valence-corrected chi connectivity index (χ0v) is 8.14. The molecule has 0 fully saturated rings. The predicted molar refractivity (Wildman–Crippen MR) is 53.8 cm³/mol. The lowest BCUT2D eigenvalue weighted by Crippen LogP contribution is -1.92. The zero-order chi connectivity index (χ0) is 10.6. The Bertz CT molecular complexity index is 369. The topological polar surface area (TPSA) is 55.1 Å². The summed E-state index contributed by atoms with van der Waals surface area (Å²) < 4.78 is 1.74. The number of nitrogens with zero attached hydrogens (tertiary/aromatic N) is 2. The van der Waals surface area contributed by atoms with E-state index in [1.165, 1.54) is 6.08 Å². The van der Waals surface area contributed by atoms with Crippen molar-refractivity contribution >= 4 is 12.0 Å². The van der Waals surface area contributed by atoms with Crippen molar-refractivity contribution in [2.24, 2.45) is 7.05 Å². The minimum Gasteiger partial charge on any atom is -0.478 e. The number of carbonyl (C=O) groups is 1. The Hall–Kier alpha value is -1.84. The molecule has 0 atom stereocenters. The summed E-state index contributed by atoms with van der Waals surface area (Å²) in [4.78, 5) is 10.2. The molecule has 1 heterocycles. The molecule has 1 aromatic rings. The highest BCUT2D eigenvalue weighted by Crippen LogP contribution is 2.07. The van der Waals surface area contributed by atoms with Gasteiger partial charge in [0.1, 0.15) is 0 Å². The SMILES string of the molecule is Cc1cnn(C)c1/C=C/C=C/C(=O)O. The van der Waals surface area contributed by atoms with Crippen LogP contribution < -0.4 is 0 Å². The summed E-state index contributed by atoms with van der Waals surface area (Å²) in [5.41, 5.74) is 2.03. The Morgan fingerprint density at radius 1 is 1.57 bits per heavy atom. The van der Waals surface area contributed by atoms with Crippen molar-refractivity contribution < 1.29 is 9.90 Å². The van der Waals surface area contributed by atoms with E-state index in [0.29, 0.717) is 0 Å². The van der Waals surface area contributed by atoms with Gasteiger partial charge in [-0.2, -0.15) is 5.10 Å². The third kappa shape index (κ3) is 2.58. The maximum absolute atomic E-state index is 10.2. The van der Waals surface area contributed by atoms with Gasteiger partial charge in [-0.15, -0.1) is 0 Å². The smallest absolute Gasteiger partial charge is 0.328 e. The summed E-state index contributed by atoms with van der Waals surface area (Å²) in [5, 5.41) is 12.4. The normalized spacial score (nSPS) is 11.6. The van der Waals surface area contributed by atoms with Crippen molar-refractivity contribution in [3.8, 4) is 0 Å². The lowest BCUT2D eigenvalue weighted by molar-refractivity contribution is -0.131. The summed E-state index contributed by atoms with van der Waals surface area (Å²) in [5.74, 6) is -0.948. The summed E-state index contributed by atoms with van der Waals surface area (Å²) in [6.07, 6.45) is 7.83. The summed E-state index contributed by atoms with van der Waals surface area (Å²) >= 11 is 0. The van der Waals surface area contributed by atoms with Crippen molar-refractivity contribution in [1.82, 2.24) is 9.78 Å². The Labute approximate surface area is 82.2 Å². The van der Waals surface area contributed by atoms with Gasteiger partial charge >= 0.3 is 5.97 Å². The molecule has 0 spiro atoms. The molecule has 0 aliphatic rings. The number of aliphatic carboxylic acids is 1. The van der Waals surface area contributed by atoms with Crippen molar-refractivity contribution in [3.05, 3.63) is 35.7 Å². The van der Waals surface area contributed by atoms with Gasteiger partial charge in [-0.25, -0.2) is 4.79 Å².